The van der Waals surface area contributed by atoms with Gasteiger partial charge in [0.2, 0.25) is 0 Å². The van der Waals surface area contributed by atoms with Crippen molar-refractivity contribution in [1.29, 1.82) is 0 Å². The van der Waals surface area contributed by atoms with Crippen molar-refractivity contribution in [2.24, 2.45) is 0 Å². The van der Waals surface area contributed by atoms with Crippen LogP contribution in [0.4, 0.5) is 0 Å². The second-order valence-electron chi connectivity index (χ2n) is 5.75. The Kier molecular flexibility index (Phi) is 5.35. The first-order valence-corrected chi connectivity index (χ1v) is 8.41. The molecule has 20 heavy (non-hydrogen) atoms. The number of nitrogens with one attached hydrogen (secondary N) is 1. The SMILES string of the molecule is CSC1(CNCC(O)COc2ccc(C)cc2C)CC1. The van der Waals surface area contributed by atoms with Crippen molar-refractivity contribution in [3.8, 4) is 5.75 Å². The van der Waals surface area contributed by atoms with Crippen LogP contribution < -0.4 is 10.1 Å². The minimum atomic E-state index is -0.464. The van der Waals surface area contributed by atoms with E-state index in [4.69, 9.17) is 4.74 Å². The van der Waals surface area contributed by atoms with Gasteiger partial charge in [-0.2, -0.15) is 11.8 Å². The highest BCUT2D eigenvalue weighted by Gasteiger charge is 2.41. The first-order valence-electron chi connectivity index (χ1n) is 7.19. The molecule has 1 aliphatic rings. The summed E-state index contributed by atoms with van der Waals surface area (Å²) < 4.78 is 6.12. The molecule has 2 N–H and O–H groups in total. The molecule has 1 aromatic rings. The number of hydrogen-bond acceptors (Lipinski definition) is 4. The van der Waals surface area contributed by atoms with Crippen molar-refractivity contribution in [2.75, 3.05) is 26.0 Å². The summed E-state index contributed by atoms with van der Waals surface area (Å²) >= 11 is 1.93. The van der Waals surface area contributed by atoms with Gasteiger partial charge >= 0.3 is 0 Å². The maximum Gasteiger partial charge on any atom is 0.122 e. The summed E-state index contributed by atoms with van der Waals surface area (Å²) in [6.07, 6.45) is 4.27. The van der Waals surface area contributed by atoms with Crippen molar-refractivity contribution in [3.63, 3.8) is 0 Å². The molecule has 0 spiro atoms. The van der Waals surface area contributed by atoms with E-state index in [2.05, 4.69) is 24.6 Å². The van der Waals surface area contributed by atoms with E-state index >= 15 is 0 Å². The molecule has 0 aliphatic heterocycles. The van der Waals surface area contributed by atoms with Crippen LogP contribution in [0.1, 0.15) is 24.0 Å². The molecule has 1 aliphatic carbocycles. The lowest BCUT2D eigenvalue weighted by Gasteiger charge is -2.17. The highest BCUT2D eigenvalue weighted by Crippen LogP contribution is 2.46. The topological polar surface area (TPSA) is 41.5 Å². The molecule has 1 atom stereocenters. The Morgan fingerprint density at radius 1 is 1.40 bits per heavy atom. The van der Waals surface area contributed by atoms with Crippen LogP contribution >= 0.6 is 11.8 Å². The zero-order valence-corrected chi connectivity index (χ0v) is 13.4. The largest absolute Gasteiger partial charge is 0.491 e. The van der Waals surface area contributed by atoms with Gasteiger partial charge in [0, 0.05) is 17.8 Å². The highest BCUT2D eigenvalue weighted by atomic mass is 32.2. The monoisotopic (exact) mass is 295 g/mol. The molecule has 0 radical (unpaired) electrons. The van der Waals surface area contributed by atoms with Crippen molar-refractivity contribution in [1.82, 2.24) is 5.32 Å². The zero-order chi connectivity index (χ0) is 14.6. The summed E-state index contributed by atoms with van der Waals surface area (Å²) in [5, 5.41) is 13.3. The Balaban J connectivity index is 1.68. The molecule has 1 unspecified atom stereocenters. The summed E-state index contributed by atoms with van der Waals surface area (Å²) in [7, 11) is 0. The Hall–Kier alpha value is -0.710. The average Bonchev–Trinajstić information content (AvgIpc) is 3.18. The number of thioether (sulfide) groups is 1. The summed E-state index contributed by atoms with van der Waals surface area (Å²) in [4.78, 5) is 0. The van der Waals surface area contributed by atoms with E-state index in [9.17, 15) is 5.11 Å². The van der Waals surface area contributed by atoms with Crippen LogP contribution in [0.3, 0.4) is 0 Å². The maximum atomic E-state index is 9.95. The summed E-state index contributed by atoms with van der Waals surface area (Å²) in [6.45, 7) is 6.00. The molecule has 3 nitrogen and oxygen atoms in total. The normalized spacial score (nSPS) is 17.8. The van der Waals surface area contributed by atoms with Gasteiger partial charge in [-0.3, -0.25) is 0 Å². The average molecular weight is 295 g/mol. The predicted molar refractivity (Wildman–Crippen MR) is 85.8 cm³/mol. The molecule has 0 bridgehead atoms. The van der Waals surface area contributed by atoms with Crippen LogP contribution in [0.5, 0.6) is 5.75 Å². The molecule has 4 heteroatoms. The fourth-order valence-electron chi connectivity index (χ4n) is 2.27. The first kappa shape index (κ1) is 15.7. The number of rotatable bonds is 8. The van der Waals surface area contributed by atoms with Gasteiger partial charge in [-0.1, -0.05) is 17.7 Å². The van der Waals surface area contributed by atoms with Crippen LogP contribution in [-0.2, 0) is 0 Å². The Morgan fingerprint density at radius 3 is 2.75 bits per heavy atom. The van der Waals surface area contributed by atoms with Gasteiger partial charge in [0.05, 0.1) is 0 Å². The summed E-state index contributed by atoms with van der Waals surface area (Å²) in [5.74, 6) is 0.859. The fraction of sp³-hybridized carbons (Fsp3) is 0.625. The number of hydrogen-bond donors (Lipinski definition) is 2. The van der Waals surface area contributed by atoms with E-state index in [0.29, 0.717) is 17.9 Å². The molecule has 1 saturated carbocycles. The quantitative estimate of drug-likeness (QED) is 0.773. The van der Waals surface area contributed by atoms with E-state index in [1.807, 2.05) is 30.8 Å². The highest BCUT2D eigenvalue weighted by molar-refractivity contribution is 8.00. The van der Waals surface area contributed by atoms with Gasteiger partial charge in [0.1, 0.15) is 18.5 Å². The third-order valence-electron chi connectivity index (χ3n) is 3.83. The van der Waals surface area contributed by atoms with Gasteiger partial charge in [0.25, 0.3) is 0 Å². The van der Waals surface area contributed by atoms with Gasteiger partial charge in [-0.05, 0) is 44.6 Å². The van der Waals surface area contributed by atoms with E-state index in [1.165, 1.54) is 18.4 Å². The van der Waals surface area contributed by atoms with E-state index in [1.54, 1.807) is 0 Å². The molecule has 1 fully saturated rings. The second-order valence-corrected chi connectivity index (χ2v) is 7.03. The van der Waals surface area contributed by atoms with Crippen molar-refractivity contribution < 1.29 is 9.84 Å². The van der Waals surface area contributed by atoms with Gasteiger partial charge in [0.15, 0.2) is 0 Å². The van der Waals surface area contributed by atoms with Crippen molar-refractivity contribution in [2.45, 2.75) is 37.5 Å². The van der Waals surface area contributed by atoms with Crippen LogP contribution in [0.2, 0.25) is 0 Å². The Labute approximate surface area is 126 Å². The lowest BCUT2D eigenvalue weighted by Crippen LogP contribution is -2.35. The lowest BCUT2D eigenvalue weighted by molar-refractivity contribution is 0.106. The van der Waals surface area contributed by atoms with Crippen LogP contribution in [0, 0.1) is 13.8 Å². The van der Waals surface area contributed by atoms with E-state index in [-0.39, 0.29) is 0 Å². The van der Waals surface area contributed by atoms with Crippen molar-refractivity contribution >= 4 is 11.8 Å². The van der Waals surface area contributed by atoms with Crippen LogP contribution in [0.25, 0.3) is 0 Å². The molecular weight excluding hydrogens is 270 g/mol. The van der Waals surface area contributed by atoms with Crippen LogP contribution in [-0.4, -0.2) is 41.9 Å². The standard InChI is InChI=1S/C16H25NO2S/c1-12-4-5-15(13(2)8-12)19-10-14(18)9-17-11-16(20-3)6-7-16/h4-5,8,14,17-18H,6-7,9-11H2,1-3H3. The molecule has 0 heterocycles. The van der Waals surface area contributed by atoms with E-state index in [0.717, 1.165) is 17.9 Å². The first-order chi connectivity index (χ1) is 9.54. The third-order valence-corrected chi connectivity index (χ3v) is 5.25. The lowest BCUT2D eigenvalue weighted by atomic mass is 10.1. The van der Waals surface area contributed by atoms with Gasteiger partial charge < -0.3 is 15.2 Å². The molecule has 2 rings (SSSR count). The number of aliphatic hydroxyl groups is 1. The molecule has 112 valence electrons. The molecular formula is C16H25NO2S. The third kappa shape index (κ3) is 4.40. The fourth-order valence-corrected chi connectivity index (χ4v) is 3.02. The Morgan fingerprint density at radius 2 is 2.15 bits per heavy atom. The number of ether oxygens (including phenoxy) is 1. The number of aliphatic hydroxyl groups excluding tert-OH is 1. The minimum Gasteiger partial charge on any atom is -0.491 e. The molecule has 0 amide bonds. The Bertz CT molecular complexity index is 446. The second kappa shape index (κ2) is 6.83. The molecule has 0 aromatic heterocycles. The molecule has 1 aromatic carbocycles. The van der Waals surface area contributed by atoms with Crippen molar-refractivity contribution in [3.05, 3.63) is 29.3 Å². The minimum absolute atomic E-state index is 0.336. The van der Waals surface area contributed by atoms with Gasteiger partial charge in [-0.25, -0.2) is 0 Å². The van der Waals surface area contributed by atoms with Gasteiger partial charge in [-0.15, -0.1) is 0 Å². The number of benzene rings is 1. The van der Waals surface area contributed by atoms with E-state index < -0.39 is 6.10 Å². The predicted octanol–water partition coefficient (Wildman–Crippen LogP) is 2.53. The number of aryl methyl sites for hydroxylation is 2. The smallest absolute Gasteiger partial charge is 0.122 e. The maximum absolute atomic E-state index is 9.95. The van der Waals surface area contributed by atoms with Crippen LogP contribution in [0.15, 0.2) is 18.2 Å². The summed E-state index contributed by atoms with van der Waals surface area (Å²) in [6, 6.07) is 6.09. The zero-order valence-electron chi connectivity index (χ0n) is 12.6. The molecule has 0 saturated heterocycles. The summed E-state index contributed by atoms with van der Waals surface area (Å²) in [5.41, 5.74) is 2.34.